The summed E-state index contributed by atoms with van der Waals surface area (Å²) in [6.07, 6.45) is 3.68. The van der Waals surface area contributed by atoms with Crippen LogP contribution >= 0.6 is 0 Å². The van der Waals surface area contributed by atoms with E-state index in [9.17, 15) is 4.79 Å². The Morgan fingerprint density at radius 1 is 1.75 bits per heavy atom. The van der Waals surface area contributed by atoms with Gasteiger partial charge in [-0.1, -0.05) is 6.08 Å². The predicted octanol–water partition coefficient (Wildman–Crippen LogP) is 0.301. The molecule has 0 aromatic heterocycles. The summed E-state index contributed by atoms with van der Waals surface area (Å²) in [5.41, 5.74) is 0. The van der Waals surface area contributed by atoms with Gasteiger partial charge in [-0.25, -0.2) is 5.90 Å². The number of carbonyl (C=O) groups excluding carboxylic acids is 1. The molecule has 0 aliphatic carbocycles. The lowest BCUT2D eigenvalue weighted by Crippen LogP contribution is -2.32. The molecule has 70 valence electrons. The van der Waals surface area contributed by atoms with Crippen LogP contribution in [-0.2, 0) is 9.63 Å². The minimum atomic E-state index is -0.0958. The first-order valence-electron chi connectivity index (χ1n) is 3.89. The molecule has 1 amide bonds. The Hall–Kier alpha value is -0.870. The summed E-state index contributed by atoms with van der Waals surface area (Å²) in [5, 5.41) is 0. The highest BCUT2D eigenvalue weighted by molar-refractivity contribution is 5.77. The van der Waals surface area contributed by atoms with Gasteiger partial charge in [0.1, 0.15) is 6.61 Å². The molecule has 2 N–H and O–H groups in total. The van der Waals surface area contributed by atoms with Crippen LogP contribution in [0.25, 0.3) is 0 Å². The highest BCUT2D eigenvalue weighted by atomic mass is 16.6. The topological polar surface area (TPSA) is 55.6 Å². The number of hydrogen-bond acceptors (Lipinski definition) is 3. The highest BCUT2D eigenvalue weighted by Gasteiger charge is 2.06. The zero-order valence-electron chi connectivity index (χ0n) is 7.45. The normalized spacial score (nSPS) is 9.50. The Kier molecular flexibility index (Phi) is 6.32. The summed E-state index contributed by atoms with van der Waals surface area (Å²) >= 11 is 0. The second-order valence-corrected chi connectivity index (χ2v) is 2.56. The van der Waals surface area contributed by atoms with Crippen molar-refractivity contribution in [2.45, 2.75) is 12.8 Å². The second kappa shape index (κ2) is 6.82. The number of rotatable bonds is 6. The van der Waals surface area contributed by atoms with Crippen LogP contribution in [0, 0.1) is 0 Å². The van der Waals surface area contributed by atoms with E-state index >= 15 is 0 Å². The molecule has 0 fully saturated rings. The largest absolute Gasteiger partial charge is 0.344 e. The fourth-order valence-electron chi connectivity index (χ4n) is 0.779. The van der Waals surface area contributed by atoms with E-state index in [1.807, 2.05) is 6.08 Å². The minimum Gasteiger partial charge on any atom is -0.344 e. The monoisotopic (exact) mass is 172 g/mol. The van der Waals surface area contributed by atoms with Gasteiger partial charge in [0.2, 0.25) is 5.91 Å². The van der Waals surface area contributed by atoms with E-state index in [0.29, 0.717) is 6.54 Å². The SMILES string of the molecule is C=CCCCN(C)C(=O)CON. The number of hydrogen-bond donors (Lipinski definition) is 1. The molecule has 0 unspecified atom stereocenters. The van der Waals surface area contributed by atoms with Crippen molar-refractivity contribution in [2.75, 3.05) is 20.2 Å². The van der Waals surface area contributed by atoms with Gasteiger partial charge in [-0.2, -0.15) is 0 Å². The van der Waals surface area contributed by atoms with E-state index in [2.05, 4.69) is 11.4 Å². The molecule has 0 saturated heterocycles. The first-order valence-corrected chi connectivity index (χ1v) is 3.89. The molecule has 0 aliphatic heterocycles. The van der Waals surface area contributed by atoms with Gasteiger partial charge in [-0.15, -0.1) is 6.58 Å². The minimum absolute atomic E-state index is 0.0510. The van der Waals surface area contributed by atoms with Crippen LogP contribution in [0.15, 0.2) is 12.7 Å². The van der Waals surface area contributed by atoms with Gasteiger partial charge < -0.3 is 4.90 Å². The molecule has 0 spiro atoms. The third kappa shape index (κ3) is 4.87. The molecule has 0 rings (SSSR count). The molecule has 12 heavy (non-hydrogen) atoms. The van der Waals surface area contributed by atoms with Gasteiger partial charge in [0.15, 0.2) is 0 Å². The standard InChI is InChI=1S/C8H16N2O2/c1-3-4-5-6-10(2)8(11)7-12-9/h3H,1,4-7,9H2,2H3. The van der Waals surface area contributed by atoms with Crippen LogP contribution < -0.4 is 5.90 Å². The van der Waals surface area contributed by atoms with Gasteiger partial charge in [0.05, 0.1) is 0 Å². The number of amides is 1. The Morgan fingerprint density at radius 2 is 2.42 bits per heavy atom. The predicted molar refractivity (Wildman–Crippen MR) is 47.2 cm³/mol. The lowest BCUT2D eigenvalue weighted by atomic mass is 10.3. The van der Waals surface area contributed by atoms with E-state index in [4.69, 9.17) is 5.90 Å². The Bertz CT molecular complexity index is 148. The fourth-order valence-corrected chi connectivity index (χ4v) is 0.779. The summed E-state index contributed by atoms with van der Waals surface area (Å²) in [6, 6.07) is 0. The second-order valence-electron chi connectivity index (χ2n) is 2.56. The van der Waals surface area contributed by atoms with Crippen LogP contribution in [0.2, 0.25) is 0 Å². The van der Waals surface area contributed by atoms with E-state index in [1.54, 1.807) is 11.9 Å². The zero-order valence-corrected chi connectivity index (χ0v) is 7.45. The summed E-state index contributed by atoms with van der Waals surface area (Å²) in [6.45, 7) is 4.26. The zero-order chi connectivity index (χ0) is 9.40. The van der Waals surface area contributed by atoms with E-state index in [0.717, 1.165) is 12.8 Å². The maximum Gasteiger partial charge on any atom is 0.250 e. The van der Waals surface area contributed by atoms with E-state index in [1.165, 1.54) is 0 Å². The molecular formula is C8H16N2O2. The van der Waals surface area contributed by atoms with Crippen molar-refractivity contribution >= 4 is 5.91 Å². The molecule has 0 aromatic carbocycles. The number of unbranched alkanes of at least 4 members (excludes halogenated alkanes) is 1. The number of nitrogens with two attached hydrogens (primary N) is 1. The van der Waals surface area contributed by atoms with E-state index in [-0.39, 0.29) is 12.5 Å². The summed E-state index contributed by atoms with van der Waals surface area (Å²) < 4.78 is 0. The van der Waals surface area contributed by atoms with Gasteiger partial charge >= 0.3 is 0 Å². The van der Waals surface area contributed by atoms with Crippen LogP contribution in [0.4, 0.5) is 0 Å². The van der Waals surface area contributed by atoms with Gasteiger partial charge in [0, 0.05) is 13.6 Å². The molecule has 0 atom stereocenters. The van der Waals surface area contributed by atoms with Crippen molar-refractivity contribution in [2.24, 2.45) is 5.90 Å². The summed E-state index contributed by atoms with van der Waals surface area (Å²) in [4.78, 5) is 16.8. The molecule has 0 aliphatic rings. The molecule has 0 saturated carbocycles. The Balaban J connectivity index is 3.49. The first-order chi connectivity index (χ1) is 5.72. The maximum atomic E-state index is 11.0. The van der Waals surface area contributed by atoms with Crippen molar-refractivity contribution in [3.63, 3.8) is 0 Å². The van der Waals surface area contributed by atoms with E-state index < -0.39 is 0 Å². The lowest BCUT2D eigenvalue weighted by Gasteiger charge is -2.15. The Morgan fingerprint density at radius 3 is 2.92 bits per heavy atom. The molecular weight excluding hydrogens is 156 g/mol. The maximum absolute atomic E-state index is 11.0. The number of carbonyl (C=O) groups is 1. The third-order valence-electron chi connectivity index (χ3n) is 1.53. The molecule has 0 radical (unpaired) electrons. The number of nitrogens with zero attached hydrogens (tertiary/aromatic N) is 1. The molecule has 0 heterocycles. The van der Waals surface area contributed by atoms with Crippen molar-refractivity contribution in [3.8, 4) is 0 Å². The molecule has 0 bridgehead atoms. The van der Waals surface area contributed by atoms with Gasteiger partial charge in [-0.3, -0.25) is 9.63 Å². The molecule has 4 nitrogen and oxygen atoms in total. The molecule has 4 heteroatoms. The highest BCUT2D eigenvalue weighted by Crippen LogP contribution is 1.93. The average Bonchev–Trinajstić information content (AvgIpc) is 2.05. The van der Waals surface area contributed by atoms with Crippen molar-refractivity contribution in [1.29, 1.82) is 0 Å². The van der Waals surface area contributed by atoms with Gasteiger partial charge in [0.25, 0.3) is 0 Å². The summed E-state index contributed by atoms with van der Waals surface area (Å²) in [7, 11) is 1.73. The smallest absolute Gasteiger partial charge is 0.250 e. The average molecular weight is 172 g/mol. The van der Waals surface area contributed by atoms with Gasteiger partial charge in [-0.05, 0) is 12.8 Å². The van der Waals surface area contributed by atoms with Crippen molar-refractivity contribution in [3.05, 3.63) is 12.7 Å². The quantitative estimate of drug-likeness (QED) is 0.356. The van der Waals surface area contributed by atoms with Crippen LogP contribution in [0.1, 0.15) is 12.8 Å². The first kappa shape index (κ1) is 11.1. The summed E-state index contributed by atoms with van der Waals surface area (Å²) in [5.74, 6) is 4.66. The van der Waals surface area contributed by atoms with Crippen molar-refractivity contribution < 1.29 is 9.63 Å². The van der Waals surface area contributed by atoms with Crippen LogP contribution in [-0.4, -0.2) is 31.0 Å². The number of likely N-dealkylation sites (N-methyl/N-ethyl adjacent to an activating group) is 1. The van der Waals surface area contributed by atoms with Crippen LogP contribution in [0.3, 0.4) is 0 Å². The molecule has 0 aromatic rings. The fraction of sp³-hybridized carbons (Fsp3) is 0.625. The lowest BCUT2D eigenvalue weighted by molar-refractivity contribution is -0.134. The number of allylic oxidation sites excluding steroid dienone is 1. The third-order valence-corrected chi connectivity index (χ3v) is 1.53. The van der Waals surface area contributed by atoms with Crippen LogP contribution in [0.5, 0.6) is 0 Å². The van der Waals surface area contributed by atoms with Crippen molar-refractivity contribution in [1.82, 2.24) is 4.90 Å². The Labute approximate surface area is 72.9 Å².